The maximum Gasteiger partial charge on any atom is 0.0611 e. The van der Waals surface area contributed by atoms with Gasteiger partial charge >= 0.3 is 0 Å². The summed E-state index contributed by atoms with van der Waals surface area (Å²) in [6, 6.07) is 5.96. The molecular weight excluding hydrogens is 280 g/mol. The molecule has 0 aromatic heterocycles. The van der Waals surface area contributed by atoms with E-state index < -0.39 is 0 Å². The average Bonchev–Trinajstić information content (AvgIpc) is 2.32. The molecule has 0 aliphatic carbocycles. The Morgan fingerprint density at radius 2 is 2.06 bits per heavy atom. The first-order valence-electron chi connectivity index (χ1n) is 6.06. The number of nitrogens with zero attached hydrogens (tertiary/aromatic N) is 1. The number of aliphatic hydroxyl groups is 1. The van der Waals surface area contributed by atoms with Crippen LogP contribution in [0.5, 0.6) is 0 Å². The molecule has 1 aromatic carbocycles. The molecule has 1 atom stereocenters. The van der Waals surface area contributed by atoms with Crippen molar-refractivity contribution in [3.05, 3.63) is 22.7 Å². The molecule has 0 radical (unpaired) electrons. The van der Waals surface area contributed by atoms with Gasteiger partial charge in [0.1, 0.15) is 0 Å². The zero-order chi connectivity index (χ0) is 12.4. The van der Waals surface area contributed by atoms with Gasteiger partial charge in [-0.25, -0.2) is 0 Å². The van der Waals surface area contributed by atoms with E-state index in [0.29, 0.717) is 5.92 Å². The lowest BCUT2D eigenvalue weighted by Crippen LogP contribution is -2.37. The first kappa shape index (κ1) is 12.7. The summed E-state index contributed by atoms with van der Waals surface area (Å²) in [6.07, 6.45) is 1.87. The fraction of sp³-hybridized carbons (Fsp3) is 0.538. The molecule has 1 aromatic rings. The molecule has 1 fully saturated rings. The number of halogens is 1. The van der Waals surface area contributed by atoms with Crippen LogP contribution in [0.3, 0.4) is 0 Å². The van der Waals surface area contributed by atoms with Crippen LogP contribution in [0, 0.1) is 5.92 Å². The molecule has 0 bridgehead atoms. The maximum absolute atomic E-state index is 9.58. The minimum absolute atomic E-state index is 0.197. The number of rotatable bonds is 2. The maximum atomic E-state index is 9.58. The van der Waals surface area contributed by atoms with Crippen LogP contribution >= 0.6 is 15.9 Å². The highest BCUT2D eigenvalue weighted by Crippen LogP contribution is 2.31. The molecule has 3 N–H and O–H groups in total. The van der Waals surface area contributed by atoms with Gasteiger partial charge in [-0.2, -0.15) is 0 Å². The SMILES string of the molecule is CC(O)C1CCN(c2cc(Br)ccc2N)CC1. The molecule has 1 aliphatic rings. The lowest BCUT2D eigenvalue weighted by molar-refractivity contribution is 0.110. The van der Waals surface area contributed by atoms with Gasteiger partial charge in [-0.05, 0) is 43.9 Å². The monoisotopic (exact) mass is 298 g/mol. The van der Waals surface area contributed by atoms with Gasteiger partial charge in [0.25, 0.3) is 0 Å². The summed E-state index contributed by atoms with van der Waals surface area (Å²) < 4.78 is 1.05. The third kappa shape index (κ3) is 2.93. The van der Waals surface area contributed by atoms with E-state index in [2.05, 4.69) is 26.9 Å². The Hall–Kier alpha value is -0.740. The number of aliphatic hydroxyl groups excluding tert-OH is 1. The molecule has 17 heavy (non-hydrogen) atoms. The molecule has 94 valence electrons. The highest BCUT2D eigenvalue weighted by molar-refractivity contribution is 9.10. The van der Waals surface area contributed by atoms with Crippen molar-refractivity contribution >= 4 is 27.3 Å². The van der Waals surface area contributed by atoms with Gasteiger partial charge in [-0.3, -0.25) is 0 Å². The van der Waals surface area contributed by atoms with Crippen LogP contribution in [0.25, 0.3) is 0 Å². The summed E-state index contributed by atoms with van der Waals surface area (Å²) in [5.41, 5.74) is 7.93. The van der Waals surface area contributed by atoms with Crippen molar-refractivity contribution in [3.8, 4) is 0 Å². The Kier molecular flexibility index (Phi) is 3.94. The number of nitrogen functional groups attached to an aromatic ring is 1. The van der Waals surface area contributed by atoms with Crippen LogP contribution in [-0.2, 0) is 0 Å². The number of benzene rings is 1. The predicted molar refractivity (Wildman–Crippen MR) is 75.2 cm³/mol. The fourth-order valence-electron chi connectivity index (χ4n) is 2.41. The van der Waals surface area contributed by atoms with Crippen molar-refractivity contribution in [2.75, 3.05) is 23.7 Å². The average molecular weight is 299 g/mol. The van der Waals surface area contributed by atoms with Crippen molar-refractivity contribution in [3.63, 3.8) is 0 Å². The summed E-state index contributed by atoms with van der Waals surface area (Å²) in [6.45, 7) is 3.82. The second kappa shape index (κ2) is 5.27. The second-order valence-corrected chi connectivity index (χ2v) is 5.68. The van der Waals surface area contributed by atoms with Crippen molar-refractivity contribution in [1.29, 1.82) is 0 Å². The van der Waals surface area contributed by atoms with Crippen LogP contribution in [0.15, 0.2) is 22.7 Å². The summed E-state index contributed by atoms with van der Waals surface area (Å²) in [4.78, 5) is 2.30. The van der Waals surface area contributed by atoms with Crippen molar-refractivity contribution in [1.82, 2.24) is 0 Å². The summed E-state index contributed by atoms with van der Waals surface area (Å²) in [7, 11) is 0. The van der Waals surface area contributed by atoms with Gasteiger partial charge in [0.15, 0.2) is 0 Å². The van der Waals surface area contributed by atoms with Gasteiger partial charge in [0.05, 0.1) is 17.5 Å². The molecule has 1 heterocycles. The predicted octanol–water partition coefficient (Wildman–Crippen LogP) is 2.63. The van der Waals surface area contributed by atoms with Crippen molar-refractivity contribution < 1.29 is 5.11 Å². The second-order valence-electron chi connectivity index (χ2n) is 4.77. The Morgan fingerprint density at radius 1 is 1.41 bits per heavy atom. The van der Waals surface area contributed by atoms with Gasteiger partial charge in [0.2, 0.25) is 0 Å². The van der Waals surface area contributed by atoms with Gasteiger partial charge in [-0.15, -0.1) is 0 Å². The molecule has 0 spiro atoms. The number of nitrogens with two attached hydrogens (primary N) is 1. The van der Waals surface area contributed by atoms with E-state index in [0.717, 1.165) is 41.8 Å². The Morgan fingerprint density at radius 3 is 2.65 bits per heavy atom. The molecule has 0 amide bonds. The van der Waals surface area contributed by atoms with Crippen LogP contribution in [-0.4, -0.2) is 24.3 Å². The van der Waals surface area contributed by atoms with E-state index >= 15 is 0 Å². The normalized spacial score (nSPS) is 19.4. The summed E-state index contributed by atoms with van der Waals surface area (Å²) in [5, 5.41) is 9.58. The van der Waals surface area contributed by atoms with Crippen LogP contribution < -0.4 is 10.6 Å². The fourth-order valence-corrected chi connectivity index (χ4v) is 2.76. The Labute approximate surface area is 111 Å². The molecule has 2 rings (SSSR count). The molecular formula is C13H19BrN2O. The Bertz CT molecular complexity index is 387. The summed E-state index contributed by atoms with van der Waals surface area (Å²) in [5.74, 6) is 0.430. The third-order valence-electron chi connectivity index (χ3n) is 3.56. The number of anilines is 2. The van der Waals surface area contributed by atoms with Crippen molar-refractivity contribution in [2.24, 2.45) is 5.92 Å². The van der Waals surface area contributed by atoms with Crippen molar-refractivity contribution in [2.45, 2.75) is 25.9 Å². The smallest absolute Gasteiger partial charge is 0.0611 e. The standard InChI is InChI=1S/C13H19BrN2O/c1-9(17)10-4-6-16(7-5-10)13-8-11(14)2-3-12(13)15/h2-3,8-10,17H,4-7,15H2,1H3. The van der Waals surface area contributed by atoms with E-state index in [4.69, 9.17) is 5.73 Å². The highest BCUT2D eigenvalue weighted by atomic mass is 79.9. The van der Waals surface area contributed by atoms with Gasteiger partial charge in [-0.1, -0.05) is 15.9 Å². The number of hydrogen-bond acceptors (Lipinski definition) is 3. The largest absolute Gasteiger partial charge is 0.397 e. The van der Waals surface area contributed by atoms with Crippen LogP contribution in [0.1, 0.15) is 19.8 Å². The first-order chi connectivity index (χ1) is 8.08. The molecule has 0 saturated carbocycles. The zero-order valence-electron chi connectivity index (χ0n) is 10.1. The highest BCUT2D eigenvalue weighted by Gasteiger charge is 2.23. The Balaban J connectivity index is 2.07. The first-order valence-corrected chi connectivity index (χ1v) is 6.85. The number of hydrogen-bond donors (Lipinski definition) is 2. The minimum atomic E-state index is -0.197. The number of piperidine rings is 1. The molecule has 1 unspecified atom stereocenters. The van der Waals surface area contributed by atoms with Crippen LogP contribution in [0.4, 0.5) is 11.4 Å². The van der Waals surface area contributed by atoms with E-state index in [1.165, 1.54) is 0 Å². The van der Waals surface area contributed by atoms with Crippen LogP contribution in [0.2, 0.25) is 0 Å². The van der Waals surface area contributed by atoms with E-state index in [9.17, 15) is 5.11 Å². The van der Waals surface area contributed by atoms with Gasteiger partial charge < -0.3 is 15.7 Å². The molecule has 1 saturated heterocycles. The molecule has 1 aliphatic heterocycles. The zero-order valence-corrected chi connectivity index (χ0v) is 11.7. The molecule has 4 heteroatoms. The quantitative estimate of drug-likeness (QED) is 0.825. The minimum Gasteiger partial charge on any atom is -0.397 e. The van der Waals surface area contributed by atoms with E-state index in [1.54, 1.807) is 0 Å². The lowest BCUT2D eigenvalue weighted by atomic mass is 9.92. The van der Waals surface area contributed by atoms with Gasteiger partial charge in [0, 0.05) is 17.6 Å². The topological polar surface area (TPSA) is 49.5 Å². The third-order valence-corrected chi connectivity index (χ3v) is 4.05. The lowest BCUT2D eigenvalue weighted by Gasteiger charge is -2.35. The van der Waals surface area contributed by atoms with E-state index in [-0.39, 0.29) is 6.10 Å². The summed E-state index contributed by atoms with van der Waals surface area (Å²) >= 11 is 3.48. The van der Waals surface area contributed by atoms with E-state index in [1.807, 2.05) is 19.1 Å². The molecule has 3 nitrogen and oxygen atoms in total.